The Morgan fingerprint density at radius 3 is 2.65 bits per heavy atom. The second-order valence-electron chi connectivity index (χ2n) is 7.09. The molecule has 4 heteroatoms. The van der Waals surface area contributed by atoms with Crippen LogP contribution in [0.4, 0.5) is 0 Å². The molecule has 1 heterocycles. The van der Waals surface area contributed by atoms with Crippen LogP contribution >= 0.6 is 0 Å². The van der Waals surface area contributed by atoms with Gasteiger partial charge in [0, 0.05) is 24.7 Å². The van der Waals surface area contributed by atoms with Crippen molar-refractivity contribution in [3.05, 3.63) is 0 Å². The van der Waals surface area contributed by atoms with E-state index in [0.717, 1.165) is 6.42 Å². The van der Waals surface area contributed by atoms with E-state index in [9.17, 15) is 5.11 Å². The highest BCUT2D eigenvalue weighted by Gasteiger charge is 2.31. The summed E-state index contributed by atoms with van der Waals surface area (Å²) in [4.78, 5) is 5.04. The lowest BCUT2D eigenvalue weighted by Gasteiger charge is -2.29. The highest BCUT2D eigenvalue weighted by atomic mass is 16.3. The summed E-state index contributed by atoms with van der Waals surface area (Å²) in [6.07, 6.45) is 7.43. The summed E-state index contributed by atoms with van der Waals surface area (Å²) in [5.74, 6) is 0. The lowest BCUT2D eigenvalue weighted by Crippen LogP contribution is -2.47. The zero-order chi connectivity index (χ0) is 14.4. The first-order valence-corrected chi connectivity index (χ1v) is 8.41. The summed E-state index contributed by atoms with van der Waals surface area (Å²) in [6.45, 7) is 8.57. The van der Waals surface area contributed by atoms with Crippen molar-refractivity contribution in [3.63, 3.8) is 0 Å². The summed E-state index contributed by atoms with van der Waals surface area (Å²) in [5.41, 5.74) is -0.0554. The maximum absolute atomic E-state index is 9.60. The van der Waals surface area contributed by atoms with Crippen molar-refractivity contribution < 1.29 is 5.11 Å². The summed E-state index contributed by atoms with van der Waals surface area (Å²) in [5, 5.41) is 13.2. The third kappa shape index (κ3) is 5.68. The minimum absolute atomic E-state index is 0.0554. The smallest absolute Gasteiger partial charge is 0.0610 e. The minimum Gasteiger partial charge on any atom is -0.394 e. The van der Waals surface area contributed by atoms with Crippen LogP contribution in [0.2, 0.25) is 0 Å². The molecular weight excluding hydrogens is 250 g/mol. The van der Waals surface area contributed by atoms with Gasteiger partial charge in [-0.15, -0.1) is 0 Å². The summed E-state index contributed by atoms with van der Waals surface area (Å²) in [7, 11) is 2.22. The van der Waals surface area contributed by atoms with Gasteiger partial charge in [0.25, 0.3) is 0 Å². The Bertz CT molecular complexity index is 283. The first-order valence-electron chi connectivity index (χ1n) is 8.41. The van der Waals surface area contributed by atoms with Gasteiger partial charge in [0.2, 0.25) is 0 Å². The molecule has 118 valence electrons. The first-order chi connectivity index (χ1) is 9.61. The fraction of sp³-hybridized carbons (Fsp3) is 1.00. The number of likely N-dealkylation sites (N-methyl/N-ethyl adjacent to an activating group) is 1. The van der Waals surface area contributed by atoms with Crippen LogP contribution in [0.1, 0.15) is 45.4 Å². The van der Waals surface area contributed by atoms with E-state index < -0.39 is 0 Å². The number of hydrogen-bond donors (Lipinski definition) is 2. The molecule has 1 saturated carbocycles. The Hall–Kier alpha value is -0.160. The zero-order valence-electron chi connectivity index (χ0n) is 13.4. The highest BCUT2D eigenvalue weighted by molar-refractivity contribution is 4.92. The topological polar surface area (TPSA) is 38.7 Å². The van der Waals surface area contributed by atoms with Gasteiger partial charge >= 0.3 is 0 Å². The summed E-state index contributed by atoms with van der Waals surface area (Å²) in [6, 6.07) is 0.674. The van der Waals surface area contributed by atoms with Crippen LogP contribution in [0, 0.1) is 0 Å². The van der Waals surface area contributed by atoms with Gasteiger partial charge in [0.05, 0.1) is 6.61 Å². The molecule has 2 aliphatic rings. The molecule has 1 unspecified atom stereocenters. The van der Waals surface area contributed by atoms with Crippen molar-refractivity contribution in [1.82, 2.24) is 15.1 Å². The largest absolute Gasteiger partial charge is 0.394 e. The lowest BCUT2D eigenvalue weighted by molar-refractivity contribution is 0.159. The Labute approximate surface area is 124 Å². The normalized spacial score (nSPS) is 25.4. The predicted molar refractivity (Wildman–Crippen MR) is 84.1 cm³/mol. The van der Waals surface area contributed by atoms with E-state index in [1.54, 1.807) is 0 Å². The van der Waals surface area contributed by atoms with Crippen LogP contribution in [-0.4, -0.2) is 72.9 Å². The Kier molecular flexibility index (Phi) is 6.27. The SMILES string of the molecule is CN1CCCN(CCCCC(C)(CO)NC2CC2)CC1. The number of nitrogens with zero attached hydrogens (tertiary/aromatic N) is 2. The van der Waals surface area contributed by atoms with Crippen molar-refractivity contribution in [3.8, 4) is 0 Å². The Morgan fingerprint density at radius 1 is 1.15 bits per heavy atom. The fourth-order valence-electron chi connectivity index (χ4n) is 3.09. The lowest BCUT2D eigenvalue weighted by atomic mass is 9.95. The van der Waals surface area contributed by atoms with Crippen LogP contribution in [0.15, 0.2) is 0 Å². The molecule has 0 aromatic carbocycles. The van der Waals surface area contributed by atoms with Crippen molar-refractivity contribution in [1.29, 1.82) is 0 Å². The average Bonchev–Trinajstić information content (AvgIpc) is 3.24. The number of aliphatic hydroxyl groups excluding tert-OH is 1. The minimum atomic E-state index is -0.0554. The van der Waals surface area contributed by atoms with Crippen LogP contribution in [0.5, 0.6) is 0 Å². The molecule has 0 spiro atoms. The van der Waals surface area contributed by atoms with Crippen molar-refractivity contribution in [2.45, 2.75) is 57.0 Å². The zero-order valence-corrected chi connectivity index (χ0v) is 13.4. The second kappa shape index (κ2) is 7.74. The van der Waals surface area contributed by atoms with Crippen LogP contribution in [0.25, 0.3) is 0 Å². The van der Waals surface area contributed by atoms with Crippen LogP contribution in [-0.2, 0) is 0 Å². The van der Waals surface area contributed by atoms with Crippen molar-refractivity contribution >= 4 is 0 Å². The van der Waals surface area contributed by atoms with E-state index in [2.05, 4.69) is 29.1 Å². The molecule has 1 saturated heterocycles. The first kappa shape index (κ1) is 16.2. The molecule has 1 atom stereocenters. The fourth-order valence-corrected chi connectivity index (χ4v) is 3.09. The van der Waals surface area contributed by atoms with Gasteiger partial charge in [-0.05, 0) is 65.7 Å². The van der Waals surface area contributed by atoms with Crippen molar-refractivity contribution in [2.75, 3.05) is 46.4 Å². The van der Waals surface area contributed by atoms with E-state index in [-0.39, 0.29) is 12.1 Å². The molecule has 4 nitrogen and oxygen atoms in total. The molecule has 20 heavy (non-hydrogen) atoms. The van der Waals surface area contributed by atoms with E-state index in [4.69, 9.17) is 0 Å². The molecule has 1 aliphatic heterocycles. The molecule has 0 aromatic rings. The molecule has 0 amide bonds. The van der Waals surface area contributed by atoms with E-state index in [1.165, 1.54) is 64.8 Å². The standard InChI is InChI=1S/C16H33N3O/c1-16(14-20,17-15-6-7-15)8-3-4-10-19-11-5-9-18(2)12-13-19/h15,17,20H,3-14H2,1-2H3. The molecule has 2 N–H and O–H groups in total. The summed E-state index contributed by atoms with van der Waals surface area (Å²) < 4.78 is 0. The predicted octanol–water partition coefficient (Wildman–Crippen LogP) is 1.30. The number of hydrogen-bond acceptors (Lipinski definition) is 4. The second-order valence-corrected chi connectivity index (χ2v) is 7.09. The molecule has 0 aromatic heterocycles. The number of aliphatic hydroxyl groups is 1. The molecule has 0 radical (unpaired) electrons. The monoisotopic (exact) mass is 283 g/mol. The van der Waals surface area contributed by atoms with E-state index >= 15 is 0 Å². The molecular formula is C16H33N3O. The quantitative estimate of drug-likeness (QED) is 0.659. The number of unbranched alkanes of at least 4 members (excludes halogenated alkanes) is 1. The summed E-state index contributed by atoms with van der Waals surface area (Å²) >= 11 is 0. The Balaban J connectivity index is 1.59. The molecule has 0 bridgehead atoms. The van der Waals surface area contributed by atoms with Crippen molar-refractivity contribution in [2.24, 2.45) is 0 Å². The Morgan fingerprint density at radius 2 is 1.95 bits per heavy atom. The third-order valence-electron chi connectivity index (χ3n) is 4.74. The van der Waals surface area contributed by atoms with E-state index in [0.29, 0.717) is 6.04 Å². The molecule has 2 rings (SSSR count). The van der Waals surface area contributed by atoms with Gasteiger partial charge in [-0.25, -0.2) is 0 Å². The average molecular weight is 283 g/mol. The third-order valence-corrected chi connectivity index (χ3v) is 4.74. The molecule has 2 fully saturated rings. The van der Waals surface area contributed by atoms with Crippen LogP contribution < -0.4 is 5.32 Å². The van der Waals surface area contributed by atoms with Gasteiger partial charge in [-0.1, -0.05) is 6.42 Å². The van der Waals surface area contributed by atoms with Crippen LogP contribution in [0.3, 0.4) is 0 Å². The maximum atomic E-state index is 9.60. The number of rotatable bonds is 8. The molecule has 1 aliphatic carbocycles. The highest BCUT2D eigenvalue weighted by Crippen LogP contribution is 2.24. The number of nitrogens with one attached hydrogen (secondary N) is 1. The van der Waals surface area contributed by atoms with Gasteiger partial charge in [-0.2, -0.15) is 0 Å². The van der Waals surface area contributed by atoms with Gasteiger partial charge in [0.1, 0.15) is 0 Å². The van der Waals surface area contributed by atoms with Gasteiger partial charge in [0.15, 0.2) is 0 Å². The van der Waals surface area contributed by atoms with E-state index in [1.807, 2.05) is 0 Å². The van der Waals surface area contributed by atoms with Gasteiger partial charge < -0.3 is 20.2 Å². The van der Waals surface area contributed by atoms with Gasteiger partial charge in [-0.3, -0.25) is 0 Å². The maximum Gasteiger partial charge on any atom is 0.0610 e.